The van der Waals surface area contributed by atoms with Gasteiger partial charge in [0, 0.05) is 0 Å². The van der Waals surface area contributed by atoms with Gasteiger partial charge in [0.05, 0.1) is 7.11 Å². The van der Waals surface area contributed by atoms with E-state index in [1.807, 2.05) is 30.3 Å². The van der Waals surface area contributed by atoms with Crippen LogP contribution >= 0.6 is 23.2 Å². The second-order valence-corrected chi connectivity index (χ2v) is 6.22. The molecular formula is C15H19Cl2NO4. The Balaban J connectivity index is 2.60. The number of halogens is 2. The fraction of sp³-hybridized carbons (Fsp3) is 0.467. The standard InChI is InChI=1S/C15H19Cl2NO4/c1-15(13(19)21-2,9-8-12(16)17)18-14(20)22-10-11-6-4-3-5-7-11/h3-7,12H,8-10H2,1-2H3,(H,18,20)/t15-/m0/s1. The molecule has 122 valence electrons. The lowest BCUT2D eigenvalue weighted by molar-refractivity contribution is -0.148. The van der Waals surface area contributed by atoms with Gasteiger partial charge in [-0.2, -0.15) is 0 Å². The number of carbonyl (C=O) groups is 2. The highest BCUT2D eigenvalue weighted by atomic mass is 35.5. The second-order valence-electron chi connectivity index (χ2n) is 4.94. The Morgan fingerprint density at radius 1 is 1.27 bits per heavy atom. The first-order valence-corrected chi connectivity index (χ1v) is 7.60. The number of hydrogen-bond acceptors (Lipinski definition) is 4. The molecule has 0 aliphatic carbocycles. The first kappa shape index (κ1) is 18.6. The molecule has 0 bridgehead atoms. The Morgan fingerprint density at radius 2 is 1.91 bits per heavy atom. The third kappa shape index (κ3) is 6.12. The van der Waals surface area contributed by atoms with Crippen LogP contribution in [0.3, 0.4) is 0 Å². The van der Waals surface area contributed by atoms with E-state index in [0.29, 0.717) is 6.42 Å². The molecule has 0 aliphatic rings. The average molecular weight is 348 g/mol. The molecule has 22 heavy (non-hydrogen) atoms. The molecule has 1 N–H and O–H groups in total. The van der Waals surface area contributed by atoms with Crippen molar-refractivity contribution in [3.05, 3.63) is 35.9 Å². The average Bonchev–Trinajstić information content (AvgIpc) is 2.51. The number of alkyl carbamates (subject to hydrolysis) is 1. The van der Waals surface area contributed by atoms with Crippen LogP contribution in [0.2, 0.25) is 0 Å². The first-order chi connectivity index (χ1) is 10.4. The van der Waals surface area contributed by atoms with Crippen molar-refractivity contribution < 1.29 is 19.1 Å². The van der Waals surface area contributed by atoms with Crippen LogP contribution in [0.1, 0.15) is 25.3 Å². The van der Waals surface area contributed by atoms with E-state index in [1.54, 1.807) is 6.92 Å². The number of hydrogen-bond donors (Lipinski definition) is 1. The zero-order valence-electron chi connectivity index (χ0n) is 12.5. The summed E-state index contributed by atoms with van der Waals surface area (Å²) in [6, 6.07) is 9.22. The molecule has 0 aliphatic heterocycles. The van der Waals surface area contributed by atoms with Gasteiger partial charge in [-0.1, -0.05) is 30.3 Å². The third-order valence-electron chi connectivity index (χ3n) is 3.09. The van der Waals surface area contributed by atoms with Crippen molar-refractivity contribution in [2.45, 2.75) is 36.7 Å². The van der Waals surface area contributed by atoms with Gasteiger partial charge in [-0.05, 0) is 25.3 Å². The second kappa shape index (κ2) is 8.86. The van der Waals surface area contributed by atoms with Crippen molar-refractivity contribution in [3.63, 3.8) is 0 Å². The summed E-state index contributed by atoms with van der Waals surface area (Å²) in [7, 11) is 1.25. The Bertz CT molecular complexity index is 496. The van der Waals surface area contributed by atoms with Crippen LogP contribution in [0, 0.1) is 0 Å². The van der Waals surface area contributed by atoms with Crippen LogP contribution < -0.4 is 5.32 Å². The van der Waals surface area contributed by atoms with Crippen molar-refractivity contribution in [3.8, 4) is 0 Å². The molecule has 1 aromatic carbocycles. The fourth-order valence-corrected chi connectivity index (χ4v) is 2.04. The van der Waals surface area contributed by atoms with Gasteiger partial charge in [0.15, 0.2) is 0 Å². The van der Waals surface area contributed by atoms with Crippen molar-refractivity contribution in [2.24, 2.45) is 0 Å². The molecule has 7 heteroatoms. The van der Waals surface area contributed by atoms with Crippen LogP contribution in [-0.4, -0.2) is 29.5 Å². The smallest absolute Gasteiger partial charge is 0.408 e. The van der Waals surface area contributed by atoms with Crippen LogP contribution in [0.4, 0.5) is 4.79 Å². The van der Waals surface area contributed by atoms with Crippen LogP contribution in [0.15, 0.2) is 30.3 Å². The van der Waals surface area contributed by atoms with Gasteiger partial charge in [-0.15, -0.1) is 23.2 Å². The SMILES string of the molecule is COC(=O)[C@](C)(CCC(Cl)Cl)NC(=O)OCc1ccccc1. The molecule has 5 nitrogen and oxygen atoms in total. The Hall–Kier alpha value is -1.46. The number of benzene rings is 1. The molecule has 0 fully saturated rings. The van der Waals surface area contributed by atoms with E-state index in [2.05, 4.69) is 5.32 Å². The zero-order chi connectivity index (χ0) is 16.6. The number of rotatable bonds is 7. The zero-order valence-corrected chi connectivity index (χ0v) is 14.0. The third-order valence-corrected chi connectivity index (χ3v) is 3.53. The quantitative estimate of drug-likeness (QED) is 0.606. The van der Waals surface area contributed by atoms with E-state index in [0.717, 1.165) is 5.56 Å². The van der Waals surface area contributed by atoms with Crippen molar-refractivity contribution >= 4 is 35.3 Å². The summed E-state index contributed by atoms with van der Waals surface area (Å²) in [6.07, 6.45) is -0.150. The largest absolute Gasteiger partial charge is 0.467 e. The number of carbonyl (C=O) groups excluding carboxylic acids is 2. The maximum absolute atomic E-state index is 11.9. The van der Waals surface area contributed by atoms with E-state index < -0.39 is 22.4 Å². The summed E-state index contributed by atoms with van der Waals surface area (Å²) in [5.74, 6) is -0.585. The number of alkyl halides is 2. The van der Waals surface area contributed by atoms with Crippen LogP contribution in [0.25, 0.3) is 0 Å². The molecule has 1 amide bonds. The summed E-state index contributed by atoms with van der Waals surface area (Å²) < 4.78 is 9.82. The van der Waals surface area contributed by atoms with Gasteiger partial charge in [-0.25, -0.2) is 9.59 Å². The number of amides is 1. The summed E-state index contributed by atoms with van der Waals surface area (Å²) >= 11 is 11.4. The first-order valence-electron chi connectivity index (χ1n) is 6.73. The number of methoxy groups -OCH3 is 1. The summed E-state index contributed by atoms with van der Waals surface area (Å²) in [4.78, 5) is 23.1. The molecule has 0 saturated heterocycles. The highest BCUT2D eigenvalue weighted by Gasteiger charge is 2.36. The lowest BCUT2D eigenvalue weighted by atomic mass is 9.96. The molecule has 1 rings (SSSR count). The summed E-state index contributed by atoms with van der Waals surface area (Å²) in [6.45, 7) is 1.65. The fourth-order valence-electron chi connectivity index (χ4n) is 1.82. The number of nitrogens with one attached hydrogen (secondary N) is 1. The van der Waals surface area contributed by atoms with E-state index in [-0.39, 0.29) is 13.0 Å². The van der Waals surface area contributed by atoms with Gasteiger partial charge in [0.25, 0.3) is 0 Å². The minimum Gasteiger partial charge on any atom is -0.467 e. The lowest BCUT2D eigenvalue weighted by Crippen LogP contribution is -2.53. The highest BCUT2D eigenvalue weighted by molar-refractivity contribution is 6.44. The maximum atomic E-state index is 11.9. The van der Waals surface area contributed by atoms with Crippen molar-refractivity contribution in [2.75, 3.05) is 7.11 Å². The van der Waals surface area contributed by atoms with E-state index in [1.165, 1.54) is 7.11 Å². The van der Waals surface area contributed by atoms with E-state index >= 15 is 0 Å². The normalized spacial score (nSPS) is 13.3. The molecule has 0 radical (unpaired) electrons. The molecule has 1 atom stereocenters. The lowest BCUT2D eigenvalue weighted by Gasteiger charge is -2.27. The van der Waals surface area contributed by atoms with E-state index in [9.17, 15) is 9.59 Å². The highest BCUT2D eigenvalue weighted by Crippen LogP contribution is 2.20. The molecule has 0 spiro atoms. The molecule has 0 unspecified atom stereocenters. The van der Waals surface area contributed by atoms with Crippen molar-refractivity contribution in [1.29, 1.82) is 0 Å². The van der Waals surface area contributed by atoms with Gasteiger partial charge in [0.1, 0.15) is 17.0 Å². The monoisotopic (exact) mass is 347 g/mol. The van der Waals surface area contributed by atoms with E-state index in [4.69, 9.17) is 32.7 Å². The summed E-state index contributed by atoms with van der Waals surface area (Å²) in [5, 5.41) is 2.52. The minimum absolute atomic E-state index is 0.109. The summed E-state index contributed by atoms with van der Waals surface area (Å²) in [5.41, 5.74) is -0.399. The van der Waals surface area contributed by atoms with Crippen LogP contribution in [-0.2, 0) is 20.9 Å². The molecular weight excluding hydrogens is 329 g/mol. The van der Waals surface area contributed by atoms with Gasteiger partial charge >= 0.3 is 12.1 Å². The Kier molecular flexibility index (Phi) is 7.48. The predicted octanol–water partition coefficient (Wildman–Crippen LogP) is 3.43. The maximum Gasteiger partial charge on any atom is 0.408 e. The van der Waals surface area contributed by atoms with Crippen molar-refractivity contribution in [1.82, 2.24) is 5.32 Å². The Labute approximate surface area is 139 Å². The molecule has 0 saturated carbocycles. The topological polar surface area (TPSA) is 64.6 Å². The predicted molar refractivity (Wildman–Crippen MR) is 84.9 cm³/mol. The molecule has 1 aromatic rings. The number of ether oxygens (including phenoxy) is 2. The molecule has 0 aromatic heterocycles. The number of esters is 1. The van der Waals surface area contributed by atoms with Gasteiger partial charge in [0.2, 0.25) is 0 Å². The Morgan fingerprint density at radius 3 is 2.45 bits per heavy atom. The minimum atomic E-state index is -1.25. The molecule has 0 heterocycles. The van der Waals surface area contributed by atoms with Crippen LogP contribution in [0.5, 0.6) is 0 Å². The van der Waals surface area contributed by atoms with Gasteiger partial charge < -0.3 is 14.8 Å². The van der Waals surface area contributed by atoms with Gasteiger partial charge in [-0.3, -0.25) is 0 Å².